The first-order valence-electron chi connectivity index (χ1n) is 7.12. The second-order valence-electron chi connectivity index (χ2n) is 5.26. The third-order valence-corrected chi connectivity index (χ3v) is 3.93. The summed E-state index contributed by atoms with van der Waals surface area (Å²) in [5.41, 5.74) is 0.863. The molecule has 2 saturated heterocycles. The van der Waals surface area contributed by atoms with Crippen LogP contribution in [0.15, 0.2) is 30.3 Å². The monoisotopic (exact) mass is 309 g/mol. The van der Waals surface area contributed by atoms with Crippen molar-refractivity contribution in [1.82, 2.24) is 5.32 Å². The van der Waals surface area contributed by atoms with Gasteiger partial charge in [0.2, 0.25) is 6.41 Å². The van der Waals surface area contributed by atoms with E-state index in [0.717, 1.165) is 5.56 Å². The molecule has 120 valence electrons. The van der Waals surface area contributed by atoms with Crippen LogP contribution in [0.5, 0.6) is 0 Å². The third-order valence-electron chi connectivity index (χ3n) is 3.93. The summed E-state index contributed by atoms with van der Waals surface area (Å²) in [5, 5.41) is 13.0. The minimum atomic E-state index is -0.955. The number of aliphatic hydroxyl groups excluding tert-OH is 1. The Hall–Kier alpha value is -1.51. The van der Waals surface area contributed by atoms with Crippen LogP contribution >= 0.6 is 0 Å². The fraction of sp³-hybridized carbons (Fsp3) is 0.533. The lowest BCUT2D eigenvalue weighted by atomic mass is 9.96. The van der Waals surface area contributed by atoms with Crippen LogP contribution < -0.4 is 5.32 Å². The van der Waals surface area contributed by atoms with E-state index in [0.29, 0.717) is 6.41 Å². The van der Waals surface area contributed by atoms with Gasteiger partial charge in [-0.1, -0.05) is 30.3 Å². The number of nitrogens with one attached hydrogen (secondary N) is 1. The Morgan fingerprint density at radius 2 is 2.09 bits per heavy atom. The highest BCUT2D eigenvalue weighted by atomic mass is 16.7. The van der Waals surface area contributed by atoms with Crippen molar-refractivity contribution in [3.05, 3.63) is 35.9 Å². The molecule has 0 unspecified atom stereocenters. The number of methoxy groups -OCH3 is 1. The van der Waals surface area contributed by atoms with E-state index in [-0.39, 0.29) is 6.61 Å². The van der Waals surface area contributed by atoms with Gasteiger partial charge in [0.1, 0.15) is 24.4 Å². The van der Waals surface area contributed by atoms with Gasteiger partial charge in [0, 0.05) is 12.7 Å². The van der Waals surface area contributed by atoms with Crippen LogP contribution in [-0.4, -0.2) is 55.9 Å². The molecule has 2 aliphatic rings. The first kappa shape index (κ1) is 15.4. The van der Waals surface area contributed by atoms with Crippen LogP contribution in [0.4, 0.5) is 0 Å². The quantitative estimate of drug-likeness (QED) is 0.758. The predicted molar refractivity (Wildman–Crippen MR) is 74.7 cm³/mol. The van der Waals surface area contributed by atoms with Crippen molar-refractivity contribution in [3.63, 3.8) is 0 Å². The molecule has 1 aromatic rings. The van der Waals surface area contributed by atoms with Gasteiger partial charge in [0.15, 0.2) is 12.6 Å². The number of amides is 1. The van der Waals surface area contributed by atoms with E-state index in [1.165, 1.54) is 7.11 Å². The molecule has 0 spiro atoms. The summed E-state index contributed by atoms with van der Waals surface area (Å²) in [6.07, 6.45) is -2.83. The van der Waals surface area contributed by atoms with Gasteiger partial charge in [-0.3, -0.25) is 4.79 Å². The van der Waals surface area contributed by atoms with Crippen LogP contribution in [0.2, 0.25) is 0 Å². The summed E-state index contributed by atoms with van der Waals surface area (Å²) in [6.45, 7) is 0.273. The van der Waals surface area contributed by atoms with Crippen molar-refractivity contribution in [2.45, 2.75) is 36.9 Å². The molecular formula is C15H19NO6. The van der Waals surface area contributed by atoms with Gasteiger partial charge < -0.3 is 29.4 Å². The van der Waals surface area contributed by atoms with Gasteiger partial charge in [0.05, 0.1) is 6.61 Å². The topological polar surface area (TPSA) is 86.2 Å². The van der Waals surface area contributed by atoms with Crippen LogP contribution in [0.3, 0.4) is 0 Å². The summed E-state index contributed by atoms with van der Waals surface area (Å²) in [6, 6.07) is 8.76. The third kappa shape index (κ3) is 2.86. The number of fused-ring (bicyclic) bond motifs is 1. The Bertz CT molecular complexity index is 498. The van der Waals surface area contributed by atoms with E-state index in [1.54, 1.807) is 0 Å². The molecule has 2 aliphatic heterocycles. The lowest BCUT2D eigenvalue weighted by Crippen LogP contribution is -2.65. The summed E-state index contributed by atoms with van der Waals surface area (Å²) in [7, 11) is 1.45. The molecule has 2 fully saturated rings. The van der Waals surface area contributed by atoms with E-state index >= 15 is 0 Å². The van der Waals surface area contributed by atoms with Gasteiger partial charge in [-0.15, -0.1) is 0 Å². The molecule has 2 N–H and O–H groups in total. The fourth-order valence-electron chi connectivity index (χ4n) is 2.83. The molecule has 1 aromatic carbocycles. The molecule has 0 bridgehead atoms. The molecule has 0 radical (unpaired) electrons. The van der Waals surface area contributed by atoms with Crippen LogP contribution in [0.1, 0.15) is 11.9 Å². The lowest BCUT2D eigenvalue weighted by molar-refractivity contribution is -0.341. The standard InChI is InChI=1S/C15H19NO6/c1-19-15-11(16-8-17)12(18)13-10(21-15)7-20-14(22-13)9-5-3-2-4-6-9/h2-6,8,10-15,18H,7H2,1H3,(H,16,17)/t10-,11-,12-,13-,14+,15+/m1/s1. The number of ether oxygens (including phenoxy) is 4. The maximum atomic E-state index is 10.7. The fourth-order valence-corrected chi connectivity index (χ4v) is 2.83. The average molecular weight is 309 g/mol. The van der Waals surface area contributed by atoms with Crippen molar-refractivity contribution in [1.29, 1.82) is 0 Å². The highest BCUT2D eigenvalue weighted by molar-refractivity contribution is 5.47. The number of carbonyl (C=O) groups excluding carboxylic acids is 1. The van der Waals surface area contributed by atoms with E-state index in [2.05, 4.69) is 5.32 Å². The molecule has 7 heteroatoms. The smallest absolute Gasteiger partial charge is 0.207 e. The number of rotatable bonds is 4. The highest BCUT2D eigenvalue weighted by Gasteiger charge is 2.49. The molecule has 0 saturated carbocycles. The van der Waals surface area contributed by atoms with Crippen LogP contribution in [0.25, 0.3) is 0 Å². The molecule has 2 heterocycles. The zero-order valence-corrected chi connectivity index (χ0v) is 12.1. The Kier molecular flexibility index (Phi) is 4.70. The van der Waals surface area contributed by atoms with E-state index < -0.39 is 36.9 Å². The SMILES string of the molecule is CO[C@H]1O[C@@H]2CO[C@H](c3ccccc3)O[C@H]2[C@H](O)[C@H]1NC=O. The van der Waals surface area contributed by atoms with E-state index in [1.807, 2.05) is 30.3 Å². The average Bonchev–Trinajstić information content (AvgIpc) is 2.58. The van der Waals surface area contributed by atoms with Gasteiger partial charge in [-0.05, 0) is 0 Å². The maximum Gasteiger partial charge on any atom is 0.207 e. The van der Waals surface area contributed by atoms with Crippen molar-refractivity contribution in [2.75, 3.05) is 13.7 Å². The van der Waals surface area contributed by atoms with E-state index in [4.69, 9.17) is 18.9 Å². The molecule has 0 aromatic heterocycles. The summed E-state index contributed by atoms with van der Waals surface area (Å²) < 4.78 is 22.4. The van der Waals surface area contributed by atoms with Crippen molar-refractivity contribution in [3.8, 4) is 0 Å². The predicted octanol–water partition coefficient (Wildman–Crippen LogP) is -0.0526. The Morgan fingerprint density at radius 1 is 1.32 bits per heavy atom. The molecule has 1 amide bonds. The summed E-state index contributed by atoms with van der Waals surface area (Å²) in [4.78, 5) is 10.7. The first-order valence-corrected chi connectivity index (χ1v) is 7.12. The van der Waals surface area contributed by atoms with Gasteiger partial charge in [-0.25, -0.2) is 0 Å². The summed E-state index contributed by atoms with van der Waals surface area (Å²) >= 11 is 0. The van der Waals surface area contributed by atoms with Gasteiger partial charge >= 0.3 is 0 Å². The molecule has 7 nitrogen and oxygen atoms in total. The van der Waals surface area contributed by atoms with Crippen molar-refractivity contribution in [2.24, 2.45) is 0 Å². The van der Waals surface area contributed by atoms with Crippen LogP contribution in [-0.2, 0) is 23.7 Å². The zero-order chi connectivity index (χ0) is 15.5. The normalized spacial score (nSPS) is 38.1. The lowest BCUT2D eigenvalue weighted by Gasteiger charge is -2.47. The second-order valence-corrected chi connectivity index (χ2v) is 5.26. The number of hydrogen-bond acceptors (Lipinski definition) is 6. The van der Waals surface area contributed by atoms with E-state index in [9.17, 15) is 9.90 Å². The van der Waals surface area contributed by atoms with Gasteiger partial charge in [0.25, 0.3) is 0 Å². The molecule has 6 atom stereocenters. The Balaban J connectivity index is 1.76. The number of aliphatic hydroxyl groups is 1. The van der Waals surface area contributed by atoms with Crippen molar-refractivity contribution < 1.29 is 28.8 Å². The molecular weight excluding hydrogens is 290 g/mol. The number of hydrogen-bond donors (Lipinski definition) is 2. The second kappa shape index (κ2) is 6.72. The minimum absolute atomic E-state index is 0.273. The molecule has 22 heavy (non-hydrogen) atoms. The number of carbonyl (C=O) groups is 1. The summed E-state index contributed by atoms with van der Waals surface area (Å²) in [5.74, 6) is 0. The molecule has 0 aliphatic carbocycles. The first-order chi connectivity index (χ1) is 10.7. The highest BCUT2D eigenvalue weighted by Crippen LogP contribution is 2.34. The van der Waals surface area contributed by atoms with Crippen LogP contribution in [0, 0.1) is 0 Å². The largest absolute Gasteiger partial charge is 0.388 e. The Morgan fingerprint density at radius 3 is 2.77 bits per heavy atom. The van der Waals surface area contributed by atoms with Crippen molar-refractivity contribution >= 4 is 6.41 Å². The van der Waals surface area contributed by atoms with Gasteiger partial charge in [-0.2, -0.15) is 0 Å². The minimum Gasteiger partial charge on any atom is -0.388 e. The Labute approximate surface area is 128 Å². The maximum absolute atomic E-state index is 10.7. The zero-order valence-electron chi connectivity index (χ0n) is 12.1. The molecule has 3 rings (SSSR count). The number of benzene rings is 1.